The molecule has 7 heteroatoms. The predicted octanol–water partition coefficient (Wildman–Crippen LogP) is 2.54. The molecule has 0 saturated heterocycles. The van der Waals surface area contributed by atoms with E-state index in [1.807, 2.05) is 31.2 Å². The Bertz CT molecular complexity index is 851. The lowest BCUT2D eigenvalue weighted by molar-refractivity contribution is -0.136. The summed E-state index contributed by atoms with van der Waals surface area (Å²) in [6.45, 7) is 1.43. The molecular weight excluding hydrogens is 358 g/mol. The second-order valence-corrected chi connectivity index (χ2v) is 6.18. The van der Waals surface area contributed by atoms with Crippen molar-refractivity contribution in [2.75, 3.05) is 37.9 Å². The second kappa shape index (κ2) is 10.1. The molecule has 0 heterocycles. The first-order valence-corrected chi connectivity index (χ1v) is 9.01. The van der Waals surface area contributed by atoms with Gasteiger partial charge in [0.1, 0.15) is 0 Å². The Hall–Kier alpha value is -3.35. The van der Waals surface area contributed by atoms with Gasteiger partial charge in [0.2, 0.25) is 5.91 Å². The molecule has 0 bridgehead atoms. The van der Waals surface area contributed by atoms with Crippen molar-refractivity contribution in [3.63, 3.8) is 0 Å². The van der Waals surface area contributed by atoms with Crippen molar-refractivity contribution >= 4 is 29.2 Å². The van der Waals surface area contributed by atoms with Gasteiger partial charge in [-0.15, -0.1) is 0 Å². The lowest BCUT2D eigenvalue weighted by Gasteiger charge is -2.18. The number of carbonyl (C=O) groups is 3. The largest absolute Gasteiger partial charge is 0.452 e. The first-order valence-electron chi connectivity index (χ1n) is 9.01. The number of hydrogen-bond donors (Lipinski definition) is 2. The maximum absolute atomic E-state index is 12.2. The molecule has 28 heavy (non-hydrogen) atoms. The van der Waals surface area contributed by atoms with Crippen LogP contribution in [0.5, 0.6) is 0 Å². The highest BCUT2D eigenvalue weighted by Gasteiger charge is 2.17. The third-order valence-corrected chi connectivity index (χ3v) is 4.22. The highest BCUT2D eigenvalue weighted by molar-refractivity contribution is 5.98. The minimum absolute atomic E-state index is 0.137. The summed E-state index contributed by atoms with van der Waals surface area (Å²) in [7, 11) is 3.18. The third kappa shape index (κ3) is 5.57. The number of amides is 2. The van der Waals surface area contributed by atoms with Crippen LogP contribution in [0.3, 0.4) is 0 Å². The van der Waals surface area contributed by atoms with Crippen LogP contribution < -0.4 is 10.6 Å². The van der Waals surface area contributed by atoms with E-state index in [9.17, 15) is 14.4 Å². The first-order chi connectivity index (χ1) is 13.5. The molecule has 2 aromatic carbocycles. The molecule has 0 atom stereocenters. The van der Waals surface area contributed by atoms with Gasteiger partial charge in [0.15, 0.2) is 6.61 Å². The van der Waals surface area contributed by atoms with Crippen LogP contribution in [0.25, 0.3) is 0 Å². The highest BCUT2D eigenvalue weighted by atomic mass is 16.5. The minimum Gasteiger partial charge on any atom is -0.452 e. The van der Waals surface area contributed by atoms with E-state index in [1.54, 1.807) is 31.3 Å². The molecule has 0 radical (unpaired) electrons. The monoisotopic (exact) mass is 383 g/mol. The molecule has 2 N–H and O–H groups in total. The molecule has 0 aromatic heterocycles. The number of esters is 1. The summed E-state index contributed by atoms with van der Waals surface area (Å²) in [5.74, 6) is -1.38. The Morgan fingerprint density at radius 1 is 1.00 bits per heavy atom. The Morgan fingerprint density at radius 3 is 2.32 bits per heavy atom. The predicted molar refractivity (Wildman–Crippen MR) is 108 cm³/mol. The average Bonchev–Trinajstić information content (AvgIpc) is 2.71. The van der Waals surface area contributed by atoms with Crippen LogP contribution in [0.2, 0.25) is 0 Å². The normalized spacial score (nSPS) is 10.1. The number of ether oxygens (including phenoxy) is 1. The Kier molecular flexibility index (Phi) is 7.56. The molecule has 0 aliphatic rings. The highest BCUT2D eigenvalue weighted by Crippen LogP contribution is 2.16. The van der Waals surface area contributed by atoms with Crippen LogP contribution >= 0.6 is 0 Å². The second-order valence-electron chi connectivity index (χ2n) is 6.18. The van der Waals surface area contributed by atoms with Gasteiger partial charge in [0.05, 0.1) is 12.1 Å². The maximum atomic E-state index is 12.2. The zero-order chi connectivity index (χ0) is 20.5. The molecule has 0 unspecified atom stereocenters. The van der Waals surface area contributed by atoms with E-state index in [4.69, 9.17) is 4.74 Å². The fraction of sp³-hybridized carbons (Fsp3) is 0.286. The van der Waals surface area contributed by atoms with Gasteiger partial charge in [0.25, 0.3) is 5.91 Å². The average molecular weight is 383 g/mol. The van der Waals surface area contributed by atoms with Gasteiger partial charge in [-0.25, -0.2) is 4.79 Å². The van der Waals surface area contributed by atoms with Crippen LogP contribution in [0.4, 0.5) is 11.4 Å². The van der Waals surface area contributed by atoms with Crippen LogP contribution in [-0.4, -0.2) is 49.9 Å². The zero-order valence-electron chi connectivity index (χ0n) is 16.3. The van der Waals surface area contributed by atoms with E-state index in [-0.39, 0.29) is 12.5 Å². The van der Waals surface area contributed by atoms with Crippen molar-refractivity contribution in [2.24, 2.45) is 0 Å². The third-order valence-electron chi connectivity index (χ3n) is 4.22. The Labute approximate surface area is 164 Å². The quantitative estimate of drug-likeness (QED) is 0.684. The molecule has 0 saturated carbocycles. The van der Waals surface area contributed by atoms with Gasteiger partial charge in [-0.1, -0.05) is 37.3 Å². The maximum Gasteiger partial charge on any atom is 0.340 e. The number of benzene rings is 2. The fourth-order valence-corrected chi connectivity index (χ4v) is 2.64. The fourth-order valence-electron chi connectivity index (χ4n) is 2.64. The van der Waals surface area contributed by atoms with Crippen molar-refractivity contribution in [3.05, 3.63) is 59.7 Å². The van der Waals surface area contributed by atoms with Crippen molar-refractivity contribution in [3.8, 4) is 0 Å². The van der Waals surface area contributed by atoms with E-state index in [0.717, 1.165) is 17.7 Å². The molecule has 2 rings (SSSR count). The van der Waals surface area contributed by atoms with E-state index in [1.165, 1.54) is 11.9 Å². The lowest BCUT2D eigenvalue weighted by atomic mass is 10.1. The van der Waals surface area contributed by atoms with Crippen LogP contribution in [0.1, 0.15) is 22.8 Å². The Balaban J connectivity index is 1.87. The van der Waals surface area contributed by atoms with E-state index < -0.39 is 18.5 Å². The van der Waals surface area contributed by atoms with E-state index >= 15 is 0 Å². The number of nitrogens with one attached hydrogen (secondary N) is 2. The van der Waals surface area contributed by atoms with Gasteiger partial charge in [-0.3, -0.25) is 9.59 Å². The summed E-state index contributed by atoms with van der Waals surface area (Å²) >= 11 is 0. The molecular formula is C21H25N3O4. The minimum atomic E-state index is -0.604. The summed E-state index contributed by atoms with van der Waals surface area (Å²) in [5.41, 5.74) is 2.70. The van der Waals surface area contributed by atoms with Crippen LogP contribution in [0.15, 0.2) is 48.5 Å². The van der Waals surface area contributed by atoms with Gasteiger partial charge in [0, 0.05) is 25.5 Å². The molecule has 148 valence electrons. The molecule has 2 amide bonds. The molecule has 0 spiro atoms. The number of para-hydroxylation sites is 2. The zero-order valence-corrected chi connectivity index (χ0v) is 16.3. The Morgan fingerprint density at radius 2 is 1.64 bits per heavy atom. The summed E-state index contributed by atoms with van der Waals surface area (Å²) in [6, 6.07) is 14.4. The van der Waals surface area contributed by atoms with Gasteiger partial charge in [-0.2, -0.15) is 0 Å². The first kappa shape index (κ1) is 21.0. The summed E-state index contributed by atoms with van der Waals surface area (Å²) in [5, 5.41) is 5.70. The van der Waals surface area contributed by atoms with Crippen LogP contribution in [-0.2, 0) is 20.7 Å². The van der Waals surface area contributed by atoms with Gasteiger partial charge < -0.3 is 20.3 Å². The topological polar surface area (TPSA) is 87.7 Å². The van der Waals surface area contributed by atoms with E-state index in [0.29, 0.717) is 11.3 Å². The SMILES string of the molecule is CCc1ccccc1NC(=O)CN(C)C(=O)COC(=O)c1ccccc1NC. The van der Waals surface area contributed by atoms with Crippen molar-refractivity contribution in [1.29, 1.82) is 0 Å². The summed E-state index contributed by atoms with van der Waals surface area (Å²) in [4.78, 5) is 37.8. The molecule has 2 aromatic rings. The van der Waals surface area contributed by atoms with Crippen LogP contribution in [0, 0.1) is 0 Å². The lowest BCUT2D eigenvalue weighted by Crippen LogP contribution is -2.37. The summed E-state index contributed by atoms with van der Waals surface area (Å²) < 4.78 is 5.09. The smallest absolute Gasteiger partial charge is 0.340 e. The number of carbonyl (C=O) groups excluding carboxylic acids is 3. The molecule has 0 aliphatic heterocycles. The van der Waals surface area contributed by atoms with E-state index in [2.05, 4.69) is 10.6 Å². The number of nitrogens with zero attached hydrogens (tertiary/aromatic N) is 1. The van der Waals surface area contributed by atoms with Crippen molar-refractivity contribution in [2.45, 2.75) is 13.3 Å². The van der Waals surface area contributed by atoms with Crippen molar-refractivity contribution < 1.29 is 19.1 Å². The van der Waals surface area contributed by atoms with Gasteiger partial charge in [-0.05, 0) is 30.2 Å². The number of hydrogen-bond acceptors (Lipinski definition) is 5. The van der Waals surface area contributed by atoms with Crippen molar-refractivity contribution in [1.82, 2.24) is 4.90 Å². The number of likely N-dealkylation sites (N-methyl/N-ethyl adjacent to an activating group) is 1. The standard InChI is InChI=1S/C21H25N3O4/c1-4-15-9-5-7-11-17(15)23-19(25)13-24(3)20(26)14-28-21(27)16-10-6-8-12-18(16)22-2/h5-12,22H,4,13-14H2,1-3H3,(H,23,25). The molecule has 0 aliphatic carbocycles. The molecule has 7 nitrogen and oxygen atoms in total. The van der Waals surface area contributed by atoms with Gasteiger partial charge >= 0.3 is 5.97 Å². The number of rotatable bonds is 8. The number of aryl methyl sites for hydroxylation is 1. The molecule has 0 fully saturated rings. The number of anilines is 2. The summed E-state index contributed by atoms with van der Waals surface area (Å²) in [6.07, 6.45) is 0.787.